The van der Waals surface area contributed by atoms with Gasteiger partial charge >= 0.3 is 0 Å². The van der Waals surface area contributed by atoms with Gasteiger partial charge in [-0.15, -0.1) is 0 Å². The largest absolute Gasteiger partial charge is 0.358 e. The summed E-state index contributed by atoms with van der Waals surface area (Å²) in [5, 5.41) is 1.88. The summed E-state index contributed by atoms with van der Waals surface area (Å²) in [4.78, 5) is 3.40. The van der Waals surface area contributed by atoms with E-state index in [-0.39, 0.29) is 5.75 Å². The van der Waals surface area contributed by atoms with E-state index in [4.69, 9.17) is 23.2 Å². The highest BCUT2D eigenvalue weighted by Gasteiger charge is 2.29. The van der Waals surface area contributed by atoms with Crippen LogP contribution in [0.2, 0.25) is 10.0 Å². The predicted molar refractivity (Wildman–Crippen MR) is 101 cm³/mol. The summed E-state index contributed by atoms with van der Waals surface area (Å²) in [6.07, 6.45) is 0.685. The predicted octanol–water partition coefficient (Wildman–Crippen LogP) is 4.36. The summed E-state index contributed by atoms with van der Waals surface area (Å²) < 4.78 is 27.3. The Morgan fingerprint density at radius 1 is 1.08 bits per heavy atom. The summed E-state index contributed by atoms with van der Waals surface area (Å²) >= 11 is 11.9. The van der Waals surface area contributed by atoms with Crippen LogP contribution in [0, 0.1) is 0 Å². The zero-order valence-electron chi connectivity index (χ0n) is 13.3. The van der Waals surface area contributed by atoms with Crippen LogP contribution in [0.4, 0.5) is 0 Å². The molecular weight excluding hydrogens is 379 g/mol. The quantitative estimate of drug-likeness (QED) is 0.716. The van der Waals surface area contributed by atoms with Gasteiger partial charge in [-0.1, -0.05) is 47.5 Å². The lowest BCUT2D eigenvalue weighted by Gasteiger charge is -2.26. The van der Waals surface area contributed by atoms with Gasteiger partial charge in [-0.05, 0) is 29.3 Å². The Hall–Kier alpha value is -1.53. The molecule has 0 aliphatic carbocycles. The number of H-pyrrole nitrogens is 1. The molecule has 1 N–H and O–H groups in total. The first-order valence-corrected chi connectivity index (χ1v) is 10.3. The first kappa shape index (κ1) is 16.9. The molecule has 0 spiro atoms. The van der Waals surface area contributed by atoms with E-state index in [0.29, 0.717) is 35.1 Å². The van der Waals surface area contributed by atoms with E-state index in [1.807, 2.05) is 24.3 Å². The Kier molecular flexibility index (Phi) is 4.28. The number of fused-ring (bicyclic) bond motifs is 3. The number of hydrogen-bond donors (Lipinski definition) is 1. The van der Waals surface area contributed by atoms with Gasteiger partial charge in [0.25, 0.3) is 0 Å². The monoisotopic (exact) mass is 394 g/mol. The van der Waals surface area contributed by atoms with Crippen molar-refractivity contribution in [3.8, 4) is 0 Å². The van der Waals surface area contributed by atoms with Crippen molar-refractivity contribution in [3.63, 3.8) is 0 Å². The van der Waals surface area contributed by atoms with Crippen LogP contribution >= 0.6 is 23.2 Å². The number of halogens is 2. The fourth-order valence-corrected chi connectivity index (χ4v) is 5.11. The molecule has 130 valence electrons. The minimum atomic E-state index is -3.44. The lowest BCUT2D eigenvalue weighted by Crippen LogP contribution is -2.36. The zero-order chi connectivity index (χ0) is 17.6. The van der Waals surface area contributed by atoms with E-state index in [2.05, 4.69) is 4.98 Å². The van der Waals surface area contributed by atoms with E-state index in [0.717, 1.165) is 22.2 Å². The molecule has 2 aromatic carbocycles. The van der Waals surface area contributed by atoms with Crippen molar-refractivity contribution in [2.75, 3.05) is 6.54 Å². The second-order valence-corrected chi connectivity index (χ2v) is 9.00. The molecule has 0 radical (unpaired) electrons. The molecular formula is C18H16Cl2N2O2S. The fourth-order valence-electron chi connectivity index (χ4n) is 3.31. The van der Waals surface area contributed by atoms with E-state index in [1.54, 1.807) is 22.5 Å². The second kappa shape index (κ2) is 6.32. The number of nitrogens with one attached hydrogen (secondary N) is 1. The first-order valence-electron chi connectivity index (χ1n) is 7.94. The van der Waals surface area contributed by atoms with Crippen LogP contribution < -0.4 is 0 Å². The first-order chi connectivity index (χ1) is 11.9. The normalized spacial score (nSPS) is 15.4. The third-order valence-electron chi connectivity index (χ3n) is 4.57. The van der Waals surface area contributed by atoms with Gasteiger partial charge in [0.05, 0.1) is 15.8 Å². The maximum absolute atomic E-state index is 12.9. The maximum Gasteiger partial charge on any atom is 0.218 e. The topological polar surface area (TPSA) is 53.2 Å². The number of hydrogen-bond acceptors (Lipinski definition) is 2. The Balaban J connectivity index is 1.62. The molecule has 0 saturated carbocycles. The van der Waals surface area contributed by atoms with E-state index in [1.165, 1.54) is 0 Å². The summed E-state index contributed by atoms with van der Waals surface area (Å²) in [5.74, 6) is -0.0818. The Labute approximate surface area is 156 Å². The van der Waals surface area contributed by atoms with Crippen molar-refractivity contribution < 1.29 is 8.42 Å². The summed E-state index contributed by atoms with van der Waals surface area (Å²) in [6, 6.07) is 12.9. The number of para-hydroxylation sites is 1. The minimum absolute atomic E-state index is 0.0818. The third-order valence-corrected chi connectivity index (χ3v) is 7.11. The third kappa shape index (κ3) is 3.17. The van der Waals surface area contributed by atoms with Crippen LogP contribution in [0.1, 0.15) is 16.8 Å². The van der Waals surface area contributed by atoms with Crippen LogP contribution in [-0.4, -0.2) is 24.3 Å². The van der Waals surface area contributed by atoms with E-state index in [9.17, 15) is 8.42 Å². The number of sulfonamides is 1. The molecule has 0 fully saturated rings. The maximum atomic E-state index is 12.9. The van der Waals surface area contributed by atoms with Crippen molar-refractivity contribution in [2.24, 2.45) is 0 Å². The van der Waals surface area contributed by atoms with E-state index < -0.39 is 10.0 Å². The number of nitrogens with zero attached hydrogens (tertiary/aromatic N) is 1. The van der Waals surface area contributed by atoms with Crippen molar-refractivity contribution >= 4 is 44.1 Å². The molecule has 7 heteroatoms. The number of aromatic amines is 1. The lowest BCUT2D eigenvalue weighted by molar-refractivity contribution is 0.390. The highest BCUT2D eigenvalue weighted by Crippen LogP contribution is 2.30. The molecule has 4 rings (SSSR count). The van der Waals surface area contributed by atoms with Crippen molar-refractivity contribution in [2.45, 2.75) is 18.7 Å². The van der Waals surface area contributed by atoms with Crippen molar-refractivity contribution in [1.82, 2.24) is 9.29 Å². The smallest absolute Gasteiger partial charge is 0.218 e. The molecule has 25 heavy (non-hydrogen) atoms. The molecule has 0 saturated heterocycles. The van der Waals surface area contributed by atoms with Crippen LogP contribution in [0.3, 0.4) is 0 Å². The Morgan fingerprint density at radius 2 is 1.88 bits per heavy atom. The van der Waals surface area contributed by atoms with Gasteiger partial charge in [0.2, 0.25) is 10.0 Å². The van der Waals surface area contributed by atoms with Crippen LogP contribution in [0.25, 0.3) is 10.9 Å². The van der Waals surface area contributed by atoms with Gasteiger partial charge in [0.15, 0.2) is 0 Å². The number of rotatable bonds is 3. The summed E-state index contributed by atoms with van der Waals surface area (Å²) in [5.41, 5.74) is 3.89. The van der Waals surface area contributed by atoms with Gasteiger partial charge in [-0.25, -0.2) is 8.42 Å². The number of aromatic nitrogens is 1. The van der Waals surface area contributed by atoms with Gasteiger partial charge in [-0.3, -0.25) is 0 Å². The molecule has 1 aliphatic heterocycles. The molecule has 2 heterocycles. The molecule has 1 aliphatic rings. The van der Waals surface area contributed by atoms with E-state index >= 15 is 0 Å². The van der Waals surface area contributed by atoms with Crippen molar-refractivity contribution in [3.05, 3.63) is 69.3 Å². The summed E-state index contributed by atoms with van der Waals surface area (Å²) in [7, 11) is -3.44. The molecule has 3 aromatic rings. The lowest BCUT2D eigenvalue weighted by atomic mass is 10.1. The van der Waals surface area contributed by atoms with Crippen molar-refractivity contribution in [1.29, 1.82) is 0 Å². The molecule has 0 atom stereocenters. The second-order valence-electron chi connectivity index (χ2n) is 6.22. The van der Waals surface area contributed by atoms with Gasteiger partial charge in [0, 0.05) is 36.1 Å². The molecule has 1 aromatic heterocycles. The van der Waals surface area contributed by atoms with Gasteiger partial charge in [0.1, 0.15) is 0 Å². The average Bonchev–Trinajstić information content (AvgIpc) is 2.96. The SMILES string of the molecule is O=S(=O)(Cc1ccc(Cl)c(Cl)c1)N1CCc2[nH]c3ccccc3c2C1. The summed E-state index contributed by atoms with van der Waals surface area (Å²) in [6.45, 7) is 0.868. The Morgan fingerprint density at radius 3 is 2.68 bits per heavy atom. The molecule has 0 unspecified atom stereocenters. The highest BCUT2D eigenvalue weighted by molar-refractivity contribution is 7.88. The molecule has 4 nitrogen and oxygen atoms in total. The van der Waals surface area contributed by atoms with Crippen LogP contribution in [0.5, 0.6) is 0 Å². The van der Waals surface area contributed by atoms with Crippen LogP contribution in [0.15, 0.2) is 42.5 Å². The van der Waals surface area contributed by atoms with Gasteiger partial charge in [-0.2, -0.15) is 4.31 Å². The molecule has 0 bridgehead atoms. The standard InChI is InChI=1S/C18H16Cl2N2O2S/c19-15-6-5-12(9-16(15)20)11-25(23,24)22-8-7-18-14(10-22)13-3-1-2-4-17(13)21-18/h1-6,9,21H,7-8,10-11H2. The molecule has 0 amide bonds. The zero-order valence-corrected chi connectivity index (χ0v) is 15.6. The number of benzene rings is 2. The van der Waals surface area contributed by atoms with Crippen LogP contribution in [-0.2, 0) is 28.7 Å². The highest BCUT2D eigenvalue weighted by atomic mass is 35.5. The fraction of sp³-hybridized carbons (Fsp3) is 0.222. The average molecular weight is 395 g/mol. The van der Waals surface area contributed by atoms with Gasteiger partial charge < -0.3 is 4.98 Å². The minimum Gasteiger partial charge on any atom is -0.358 e. The Bertz CT molecular complexity index is 1060.